The van der Waals surface area contributed by atoms with Crippen LogP contribution in [0.25, 0.3) is 10.9 Å². The fourth-order valence-electron chi connectivity index (χ4n) is 3.46. The van der Waals surface area contributed by atoms with Crippen LogP contribution in [0.4, 0.5) is 5.13 Å². The molecule has 0 N–H and O–H groups in total. The van der Waals surface area contributed by atoms with Gasteiger partial charge < -0.3 is 14.5 Å². The summed E-state index contributed by atoms with van der Waals surface area (Å²) in [6, 6.07) is 18.8. The molecule has 0 aliphatic rings. The number of thiazole rings is 1. The van der Waals surface area contributed by atoms with E-state index in [4.69, 9.17) is 9.72 Å². The van der Waals surface area contributed by atoms with Crippen molar-refractivity contribution in [3.8, 4) is 5.75 Å². The first-order valence-corrected chi connectivity index (χ1v) is 10.8. The molecule has 154 valence electrons. The van der Waals surface area contributed by atoms with Gasteiger partial charge in [-0.2, -0.15) is 0 Å². The Labute approximate surface area is 181 Å². The van der Waals surface area contributed by atoms with Crippen LogP contribution in [-0.4, -0.2) is 36.1 Å². The first kappa shape index (κ1) is 20.3. The van der Waals surface area contributed by atoms with E-state index in [0.717, 1.165) is 47.1 Å². The summed E-state index contributed by atoms with van der Waals surface area (Å²) in [5.74, 6) is 0.872. The smallest absolute Gasteiger partial charge is 0.186 e. The van der Waals surface area contributed by atoms with Crippen molar-refractivity contribution in [1.29, 1.82) is 0 Å². The van der Waals surface area contributed by atoms with Crippen LogP contribution in [0.1, 0.15) is 16.8 Å². The average Bonchev–Trinajstić information content (AvgIpc) is 3.21. The first-order chi connectivity index (χ1) is 14.6. The van der Waals surface area contributed by atoms with E-state index in [9.17, 15) is 0 Å². The zero-order valence-corrected chi connectivity index (χ0v) is 18.4. The Bertz CT molecular complexity index is 1120. The van der Waals surface area contributed by atoms with Crippen LogP contribution < -0.4 is 9.64 Å². The van der Waals surface area contributed by atoms with Gasteiger partial charge in [0, 0.05) is 36.6 Å². The zero-order chi connectivity index (χ0) is 20.9. The minimum atomic E-state index is 0.761. The van der Waals surface area contributed by atoms with E-state index in [1.54, 1.807) is 18.4 Å². The lowest BCUT2D eigenvalue weighted by atomic mass is 10.1. The number of hydrogen-bond acceptors (Lipinski definition) is 6. The standard InChI is InChI=1S/C24H26N4OS/c1-27(2)16-21-17-30-24(26-21)28(14-18-6-4-8-22(13-18)29-3)15-19-9-10-23-20(12-19)7-5-11-25-23/h4-13,17H,14-16H2,1-3H3. The van der Waals surface area contributed by atoms with E-state index in [1.807, 2.05) is 24.4 Å². The maximum Gasteiger partial charge on any atom is 0.186 e. The van der Waals surface area contributed by atoms with Gasteiger partial charge in [0.15, 0.2) is 5.13 Å². The molecule has 0 spiro atoms. The Kier molecular flexibility index (Phi) is 6.26. The molecule has 5 nitrogen and oxygen atoms in total. The first-order valence-electron chi connectivity index (χ1n) is 9.91. The Morgan fingerprint density at radius 3 is 2.57 bits per heavy atom. The van der Waals surface area contributed by atoms with Gasteiger partial charge >= 0.3 is 0 Å². The molecule has 0 aliphatic carbocycles. The van der Waals surface area contributed by atoms with Crippen LogP contribution in [0.3, 0.4) is 0 Å². The molecule has 4 aromatic rings. The van der Waals surface area contributed by atoms with E-state index in [1.165, 1.54) is 11.1 Å². The zero-order valence-electron chi connectivity index (χ0n) is 17.6. The number of hydrogen-bond donors (Lipinski definition) is 0. The second kappa shape index (κ2) is 9.24. The molecule has 2 heterocycles. The van der Waals surface area contributed by atoms with Gasteiger partial charge in [-0.3, -0.25) is 4.98 Å². The molecule has 0 saturated carbocycles. The second-order valence-electron chi connectivity index (χ2n) is 7.60. The third-order valence-corrected chi connectivity index (χ3v) is 5.79. The number of pyridine rings is 1. The fourth-order valence-corrected chi connectivity index (χ4v) is 4.28. The second-order valence-corrected chi connectivity index (χ2v) is 8.43. The van der Waals surface area contributed by atoms with Gasteiger partial charge in [0.05, 0.1) is 18.3 Å². The average molecular weight is 419 g/mol. The fraction of sp³-hybridized carbons (Fsp3) is 0.250. The summed E-state index contributed by atoms with van der Waals surface area (Å²) >= 11 is 1.70. The molecule has 0 bridgehead atoms. The Balaban J connectivity index is 1.63. The highest BCUT2D eigenvalue weighted by molar-refractivity contribution is 7.13. The van der Waals surface area contributed by atoms with Crippen molar-refractivity contribution in [2.45, 2.75) is 19.6 Å². The molecular weight excluding hydrogens is 392 g/mol. The van der Waals surface area contributed by atoms with Crippen LogP contribution >= 0.6 is 11.3 Å². The largest absolute Gasteiger partial charge is 0.497 e. The van der Waals surface area contributed by atoms with E-state index in [2.05, 4.69) is 70.7 Å². The number of fused-ring (bicyclic) bond motifs is 1. The predicted octanol–water partition coefficient (Wildman–Crippen LogP) is 4.97. The van der Waals surface area contributed by atoms with Crippen molar-refractivity contribution in [2.24, 2.45) is 0 Å². The van der Waals surface area contributed by atoms with Crippen molar-refractivity contribution in [3.63, 3.8) is 0 Å². The lowest BCUT2D eigenvalue weighted by Crippen LogP contribution is -2.22. The van der Waals surface area contributed by atoms with Crippen molar-refractivity contribution < 1.29 is 4.74 Å². The van der Waals surface area contributed by atoms with E-state index in [0.29, 0.717) is 0 Å². The molecule has 0 amide bonds. The van der Waals surface area contributed by atoms with Crippen LogP contribution in [0.15, 0.2) is 66.2 Å². The Morgan fingerprint density at radius 2 is 1.77 bits per heavy atom. The highest BCUT2D eigenvalue weighted by Crippen LogP contribution is 2.27. The topological polar surface area (TPSA) is 41.5 Å². The number of rotatable bonds is 8. The lowest BCUT2D eigenvalue weighted by molar-refractivity contribution is 0.398. The van der Waals surface area contributed by atoms with Crippen molar-refractivity contribution in [1.82, 2.24) is 14.9 Å². The van der Waals surface area contributed by atoms with Crippen LogP contribution in [0.2, 0.25) is 0 Å². The summed E-state index contributed by atoms with van der Waals surface area (Å²) < 4.78 is 5.41. The summed E-state index contributed by atoms with van der Waals surface area (Å²) in [5, 5.41) is 4.34. The summed E-state index contributed by atoms with van der Waals surface area (Å²) in [4.78, 5) is 13.8. The molecule has 4 rings (SSSR count). The molecule has 0 atom stereocenters. The number of nitrogens with zero attached hydrogens (tertiary/aromatic N) is 4. The maximum absolute atomic E-state index is 5.41. The van der Waals surface area contributed by atoms with E-state index >= 15 is 0 Å². The quantitative estimate of drug-likeness (QED) is 0.404. The van der Waals surface area contributed by atoms with Crippen LogP contribution in [0.5, 0.6) is 5.75 Å². The molecule has 0 fully saturated rings. The van der Waals surface area contributed by atoms with Gasteiger partial charge in [-0.25, -0.2) is 4.98 Å². The number of aromatic nitrogens is 2. The third-order valence-electron chi connectivity index (χ3n) is 4.84. The van der Waals surface area contributed by atoms with Gasteiger partial charge in [0.2, 0.25) is 0 Å². The summed E-state index contributed by atoms with van der Waals surface area (Å²) in [6.45, 7) is 2.37. The number of benzene rings is 2. The molecule has 6 heteroatoms. The van der Waals surface area contributed by atoms with Gasteiger partial charge in [-0.15, -0.1) is 11.3 Å². The van der Waals surface area contributed by atoms with E-state index in [-0.39, 0.29) is 0 Å². The van der Waals surface area contributed by atoms with Crippen LogP contribution in [-0.2, 0) is 19.6 Å². The highest BCUT2D eigenvalue weighted by atomic mass is 32.1. The highest BCUT2D eigenvalue weighted by Gasteiger charge is 2.14. The Morgan fingerprint density at radius 1 is 0.933 bits per heavy atom. The molecule has 0 radical (unpaired) electrons. The van der Waals surface area contributed by atoms with Crippen molar-refractivity contribution in [2.75, 3.05) is 26.1 Å². The number of ether oxygens (including phenoxy) is 1. The third kappa shape index (κ3) is 4.96. The number of anilines is 1. The summed E-state index contributed by atoms with van der Waals surface area (Å²) in [7, 11) is 5.83. The van der Waals surface area contributed by atoms with Gasteiger partial charge in [0.1, 0.15) is 5.75 Å². The molecule has 0 aliphatic heterocycles. The van der Waals surface area contributed by atoms with E-state index < -0.39 is 0 Å². The molecule has 30 heavy (non-hydrogen) atoms. The van der Waals surface area contributed by atoms with Gasteiger partial charge in [0.25, 0.3) is 0 Å². The normalized spacial score (nSPS) is 11.2. The Hall–Kier alpha value is -2.96. The lowest BCUT2D eigenvalue weighted by Gasteiger charge is -2.23. The molecular formula is C24H26N4OS. The minimum Gasteiger partial charge on any atom is -0.497 e. The minimum absolute atomic E-state index is 0.761. The van der Waals surface area contributed by atoms with Gasteiger partial charge in [-0.05, 0) is 55.6 Å². The van der Waals surface area contributed by atoms with Crippen molar-refractivity contribution >= 4 is 27.4 Å². The molecule has 0 saturated heterocycles. The maximum atomic E-state index is 5.41. The monoisotopic (exact) mass is 418 g/mol. The number of methoxy groups -OCH3 is 1. The van der Waals surface area contributed by atoms with Crippen LogP contribution in [0, 0.1) is 0 Å². The summed E-state index contributed by atoms with van der Waals surface area (Å²) in [5.41, 5.74) is 4.55. The SMILES string of the molecule is COc1cccc(CN(Cc2ccc3ncccc3c2)c2nc(CN(C)C)cs2)c1. The molecule has 2 aromatic heterocycles. The molecule has 0 unspecified atom stereocenters. The van der Waals surface area contributed by atoms with Gasteiger partial charge in [-0.1, -0.05) is 24.3 Å². The predicted molar refractivity (Wildman–Crippen MR) is 124 cm³/mol. The van der Waals surface area contributed by atoms with Crippen molar-refractivity contribution in [3.05, 3.63) is 83.0 Å². The summed E-state index contributed by atoms with van der Waals surface area (Å²) in [6.07, 6.45) is 1.83. The molecule has 2 aromatic carbocycles.